The lowest BCUT2D eigenvalue weighted by molar-refractivity contribution is 0.561. The van der Waals surface area contributed by atoms with Gasteiger partial charge in [0.25, 0.3) is 0 Å². The van der Waals surface area contributed by atoms with Gasteiger partial charge in [-0.3, -0.25) is 0 Å². The second kappa shape index (κ2) is 5.67. The van der Waals surface area contributed by atoms with Gasteiger partial charge in [-0.15, -0.1) is 12.4 Å². The second-order valence-corrected chi connectivity index (χ2v) is 6.40. The maximum absolute atomic E-state index is 6.19. The van der Waals surface area contributed by atoms with Crippen LogP contribution in [0.25, 0.3) is 33.4 Å². The topological polar surface area (TPSA) is 39.2 Å². The van der Waals surface area contributed by atoms with E-state index in [2.05, 4.69) is 13.0 Å². The minimum atomic E-state index is 0. The van der Waals surface area contributed by atoms with E-state index >= 15 is 0 Å². The fourth-order valence-corrected chi connectivity index (χ4v) is 3.83. The molecule has 1 aliphatic carbocycles. The average molecular weight is 340 g/mol. The molecule has 0 amide bonds. The highest BCUT2D eigenvalue weighted by Crippen LogP contribution is 2.43. The van der Waals surface area contributed by atoms with E-state index in [9.17, 15) is 0 Å². The number of rotatable bonds is 1. The predicted octanol–water partition coefficient (Wildman–Crippen LogP) is 6.10. The van der Waals surface area contributed by atoms with E-state index in [1.807, 2.05) is 30.3 Å². The van der Waals surface area contributed by atoms with Crippen LogP contribution in [-0.4, -0.2) is 4.98 Å². The van der Waals surface area contributed by atoms with Crippen molar-refractivity contribution in [3.63, 3.8) is 0 Å². The Labute approximate surface area is 146 Å². The van der Waals surface area contributed by atoms with E-state index in [-0.39, 0.29) is 12.4 Å². The molecule has 3 heterocycles. The molecular weight excluding hydrogens is 322 g/mol. The van der Waals surface area contributed by atoms with Crippen LogP contribution in [-0.2, 0) is 6.42 Å². The normalized spacial score (nSPS) is 17.0. The highest BCUT2D eigenvalue weighted by Gasteiger charge is 2.27. The zero-order valence-corrected chi connectivity index (χ0v) is 14.2. The minimum absolute atomic E-state index is 0. The first-order valence-electron chi connectivity index (χ1n) is 8.21. The number of fused-ring (bicyclic) bond motifs is 4. The summed E-state index contributed by atoms with van der Waals surface area (Å²) in [6, 6.07) is 12.1. The van der Waals surface area contributed by atoms with E-state index in [0.29, 0.717) is 5.92 Å². The Balaban J connectivity index is 0.00000146. The van der Waals surface area contributed by atoms with E-state index in [1.54, 1.807) is 6.26 Å². The molecule has 0 fully saturated rings. The molecule has 4 aromatic rings. The van der Waals surface area contributed by atoms with Crippen LogP contribution in [0, 0.1) is 0 Å². The van der Waals surface area contributed by atoms with Gasteiger partial charge in [0, 0.05) is 11.1 Å². The number of para-hydroxylation sites is 1. The van der Waals surface area contributed by atoms with Gasteiger partial charge in [-0.1, -0.05) is 19.1 Å². The Morgan fingerprint density at radius 3 is 2.83 bits per heavy atom. The largest absolute Gasteiger partial charge is 0.464 e. The molecule has 4 heteroatoms. The van der Waals surface area contributed by atoms with E-state index < -0.39 is 0 Å². The minimum Gasteiger partial charge on any atom is -0.464 e. The van der Waals surface area contributed by atoms with Gasteiger partial charge in [-0.25, -0.2) is 4.98 Å². The number of aromatic nitrogens is 1. The predicted molar refractivity (Wildman–Crippen MR) is 97.8 cm³/mol. The van der Waals surface area contributed by atoms with Gasteiger partial charge in [-0.2, -0.15) is 0 Å². The summed E-state index contributed by atoms with van der Waals surface area (Å²) < 4.78 is 11.9. The highest BCUT2D eigenvalue weighted by molar-refractivity contribution is 6.07. The van der Waals surface area contributed by atoms with Crippen LogP contribution in [0.1, 0.15) is 36.9 Å². The van der Waals surface area contributed by atoms with Crippen LogP contribution in [0.3, 0.4) is 0 Å². The number of hydrogen-bond acceptors (Lipinski definition) is 3. The maximum Gasteiger partial charge on any atom is 0.165 e. The Morgan fingerprint density at radius 1 is 1.12 bits per heavy atom. The number of furan rings is 2. The number of hydrogen-bond donors (Lipinski definition) is 0. The lowest BCUT2D eigenvalue weighted by Crippen LogP contribution is -2.11. The fourth-order valence-electron chi connectivity index (χ4n) is 3.83. The molecule has 0 aliphatic heterocycles. The summed E-state index contributed by atoms with van der Waals surface area (Å²) in [5, 5.41) is 1.08. The molecule has 5 rings (SSSR count). The quantitative estimate of drug-likeness (QED) is 0.420. The van der Waals surface area contributed by atoms with Crippen LogP contribution in [0.5, 0.6) is 0 Å². The third-order valence-corrected chi connectivity index (χ3v) is 4.94. The fraction of sp³-hybridized carbons (Fsp3) is 0.250. The lowest BCUT2D eigenvalue weighted by atomic mass is 9.84. The van der Waals surface area contributed by atoms with Crippen molar-refractivity contribution in [2.75, 3.05) is 0 Å². The molecule has 0 radical (unpaired) electrons. The molecule has 122 valence electrons. The van der Waals surface area contributed by atoms with Crippen LogP contribution < -0.4 is 0 Å². The number of halogens is 1. The van der Waals surface area contributed by atoms with Crippen LogP contribution in [0.4, 0.5) is 0 Å². The monoisotopic (exact) mass is 339 g/mol. The summed E-state index contributed by atoms with van der Waals surface area (Å²) in [4.78, 5) is 5.02. The van der Waals surface area contributed by atoms with Crippen molar-refractivity contribution < 1.29 is 8.83 Å². The van der Waals surface area contributed by atoms with Gasteiger partial charge in [0.2, 0.25) is 0 Å². The molecule has 0 saturated heterocycles. The zero-order chi connectivity index (χ0) is 15.4. The van der Waals surface area contributed by atoms with Crippen molar-refractivity contribution in [1.82, 2.24) is 4.98 Å². The van der Waals surface area contributed by atoms with Gasteiger partial charge in [-0.05, 0) is 55.0 Å². The first-order valence-corrected chi connectivity index (χ1v) is 8.21. The van der Waals surface area contributed by atoms with Gasteiger partial charge in [0.1, 0.15) is 16.9 Å². The summed E-state index contributed by atoms with van der Waals surface area (Å²) in [5.41, 5.74) is 6.30. The summed E-state index contributed by atoms with van der Waals surface area (Å²) in [6.07, 6.45) is 5.15. The highest BCUT2D eigenvalue weighted by atomic mass is 35.5. The average Bonchev–Trinajstić information content (AvgIpc) is 3.21. The van der Waals surface area contributed by atoms with Crippen molar-refractivity contribution in [1.29, 1.82) is 0 Å². The summed E-state index contributed by atoms with van der Waals surface area (Å²) in [7, 11) is 0. The van der Waals surface area contributed by atoms with Crippen molar-refractivity contribution in [3.8, 4) is 11.3 Å². The summed E-state index contributed by atoms with van der Waals surface area (Å²) >= 11 is 0. The third-order valence-electron chi connectivity index (χ3n) is 4.94. The molecule has 1 unspecified atom stereocenters. The Hall–Kier alpha value is -2.26. The summed E-state index contributed by atoms with van der Waals surface area (Å²) in [5.74, 6) is 1.35. The molecule has 0 saturated carbocycles. The molecule has 0 bridgehead atoms. The lowest BCUT2D eigenvalue weighted by Gasteiger charge is -2.23. The Morgan fingerprint density at radius 2 is 2.00 bits per heavy atom. The Bertz CT molecular complexity index is 1020. The standard InChI is InChI=1S/C20H17NO2.ClH/c1-12-6-4-8-14-17(16-10-5-11-22-16)20-19(21-18(12)14)13-7-2-3-9-15(13)23-20;/h2-3,5,7,9-12H,4,6,8H2,1H3;1H. The van der Waals surface area contributed by atoms with Crippen molar-refractivity contribution in [2.24, 2.45) is 0 Å². The molecule has 24 heavy (non-hydrogen) atoms. The smallest absolute Gasteiger partial charge is 0.165 e. The molecule has 1 atom stereocenters. The third kappa shape index (κ3) is 2.08. The van der Waals surface area contributed by atoms with Crippen LogP contribution in [0.2, 0.25) is 0 Å². The Kier molecular flexibility index (Phi) is 3.61. The van der Waals surface area contributed by atoms with E-state index in [4.69, 9.17) is 13.8 Å². The van der Waals surface area contributed by atoms with E-state index in [0.717, 1.165) is 39.8 Å². The second-order valence-electron chi connectivity index (χ2n) is 6.40. The number of pyridine rings is 1. The molecule has 3 nitrogen and oxygen atoms in total. The van der Waals surface area contributed by atoms with Gasteiger partial charge in [0.15, 0.2) is 5.58 Å². The van der Waals surface area contributed by atoms with Crippen LogP contribution in [0.15, 0.2) is 51.5 Å². The maximum atomic E-state index is 6.19. The van der Waals surface area contributed by atoms with Crippen molar-refractivity contribution >= 4 is 34.5 Å². The van der Waals surface area contributed by atoms with Gasteiger partial charge in [0.05, 0.1) is 11.8 Å². The SMILES string of the molecule is CC1CCCc2c1nc1c(oc3ccccc31)c2-c1ccco1.Cl. The first-order chi connectivity index (χ1) is 11.3. The van der Waals surface area contributed by atoms with Gasteiger partial charge >= 0.3 is 0 Å². The molecule has 0 spiro atoms. The van der Waals surface area contributed by atoms with Crippen LogP contribution >= 0.6 is 12.4 Å². The molecular formula is C20H18ClNO2. The molecule has 1 aromatic carbocycles. The first kappa shape index (κ1) is 15.3. The van der Waals surface area contributed by atoms with Gasteiger partial charge < -0.3 is 8.83 Å². The summed E-state index contributed by atoms with van der Waals surface area (Å²) in [6.45, 7) is 2.27. The molecule has 3 aromatic heterocycles. The molecule has 1 aliphatic rings. The van der Waals surface area contributed by atoms with Crippen molar-refractivity contribution in [2.45, 2.75) is 32.1 Å². The van der Waals surface area contributed by atoms with Crippen molar-refractivity contribution in [3.05, 3.63) is 53.9 Å². The number of nitrogens with zero attached hydrogens (tertiary/aromatic N) is 1. The number of benzene rings is 1. The molecule has 0 N–H and O–H groups in total. The van der Waals surface area contributed by atoms with E-state index in [1.165, 1.54) is 24.1 Å². The zero-order valence-electron chi connectivity index (χ0n) is 13.4.